The smallest absolute Gasteiger partial charge is 0.263 e. The van der Waals surface area contributed by atoms with E-state index in [1.54, 1.807) is 13.3 Å². The number of aromatic nitrogens is 4. The van der Waals surface area contributed by atoms with E-state index in [2.05, 4.69) is 30.2 Å². The minimum Gasteiger partial charge on any atom is -0.496 e. The number of hydrogen-bond donors (Lipinski definition) is 2. The predicted molar refractivity (Wildman–Crippen MR) is 146 cm³/mol. The Hall–Kier alpha value is -4.05. The van der Waals surface area contributed by atoms with Gasteiger partial charge in [-0.05, 0) is 38.9 Å². The van der Waals surface area contributed by atoms with Gasteiger partial charge in [-0.15, -0.1) is 0 Å². The molecule has 0 spiro atoms. The first-order chi connectivity index (χ1) is 18.9. The van der Waals surface area contributed by atoms with Gasteiger partial charge in [0.2, 0.25) is 11.7 Å². The topological polar surface area (TPSA) is 126 Å². The summed E-state index contributed by atoms with van der Waals surface area (Å²) in [5.74, 6) is 1.49. The van der Waals surface area contributed by atoms with Crippen LogP contribution in [-0.4, -0.2) is 63.8 Å². The molecule has 5 rings (SSSR count). The molecule has 10 heteroatoms. The molecule has 1 aliphatic heterocycles. The number of carbonyl (C=O) groups is 2. The lowest BCUT2D eigenvalue weighted by atomic mass is 9.98. The van der Waals surface area contributed by atoms with Crippen LogP contribution in [0.25, 0.3) is 22.2 Å². The SMILES string of the molecule is COc1cc2nc(C)ccc2cc1-c1cnc(C(CCCCCC(=O)c2ncco2)NC(=O)C2CN(C)C2)[nH]1. The Morgan fingerprint density at radius 1 is 1.21 bits per heavy atom. The van der Waals surface area contributed by atoms with E-state index in [0.29, 0.717) is 24.4 Å². The molecule has 1 unspecified atom stereocenters. The maximum absolute atomic E-state index is 12.9. The second-order valence-electron chi connectivity index (χ2n) is 10.2. The number of nitrogens with one attached hydrogen (secondary N) is 2. The van der Waals surface area contributed by atoms with Gasteiger partial charge >= 0.3 is 0 Å². The van der Waals surface area contributed by atoms with E-state index < -0.39 is 0 Å². The number of carbonyl (C=O) groups excluding carboxylic acids is 2. The number of ether oxygens (including phenoxy) is 1. The molecule has 4 aromatic rings. The van der Waals surface area contributed by atoms with Crippen molar-refractivity contribution in [3.05, 3.63) is 60.3 Å². The fourth-order valence-corrected chi connectivity index (χ4v) is 4.99. The Bertz CT molecular complexity index is 1440. The highest BCUT2D eigenvalue weighted by molar-refractivity contribution is 5.91. The van der Waals surface area contributed by atoms with Crippen molar-refractivity contribution in [3.63, 3.8) is 0 Å². The third-order valence-corrected chi connectivity index (χ3v) is 7.18. The quantitative estimate of drug-likeness (QED) is 0.203. The number of rotatable bonds is 12. The van der Waals surface area contributed by atoms with E-state index in [1.807, 2.05) is 38.2 Å². The van der Waals surface area contributed by atoms with Crippen LogP contribution in [-0.2, 0) is 4.79 Å². The molecule has 0 saturated carbocycles. The van der Waals surface area contributed by atoms with Gasteiger partial charge in [-0.1, -0.05) is 18.9 Å². The molecule has 1 fully saturated rings. The molecule has 2 N–H and O–H groups in total. The number of ketones is 1. The summed E-state index contributed by atoms with van der Waals surface area (Å²) in [6, 6.07) is 7.74. The van der Waals surface area contributed by atoms with E-state index in [0.717, 1.165) is 60.2 Å². The first-order valence-corrected chi connectivity index (χ1v) is 13.3. The Balaban J connectivity index is 1.29. The predicted octanol–water partition coefficient (Wildman–Crippen LogP) is 4.48. The minimum absolute atomic E-state index is 0.0121. The summed E-state index contributed by atoms with van der Waals surface area (Å²) in [5.41, 5.74) is 3.50. The molecule has 39 heavy (non-hydrogen) atoms. The van der Waals surface area contributed by atoms with E-state index in [9.17, 15) is 9.59 Å². The fraction of sp³-hybridized carbons (Fsp3) is 0.414. The van der Waals surface area contributed by atoms with Gasteiger partial charge in [-0.3, -0.25) is 14.6 Å². The van der Waals surface area contributed by atoms with Crippen LogP contribution in [0.3, 0.4) is 0 Å². The van der Waals surface area contributed by atoms with Crippen LogP contribution >= 0.6 is 0 Å². The summed E-state index contributed by atoms with van der Waals surface area (Å²) in [6.07, 6.45) is 8.14. The van der Waals surface area contributed by atoms with Crippen LogP contribution in [0.1, 0.15) is 60.3 Å². The molecule has 0 bridgehead atoms. The van der Waals surface area contributed by atoms with Crippen LogP contribution in [0, 0.1) is 12.8 Å². The molecule has 3 aromatic heterocycles. The number of fused-ring (bicyclic) bond motifs is 1. The largest absolute Gasteiger partial charge is 0.496 e. The van der Waals surface area contributed by atoms with Gasteiger partial charge in [-0.2, -0.15) is 0 Å². The van der Waals surface area contributed by atoms with E-state index >= 15 is 0 Å². The highest BCUT2D eigenvalue weighted by Gasteiger charge is 2.32. The zero-order chi connectivity index (χ0) is 27.4. The molecular weight excluding hydrogens is 496 g/mol. The van der Waals surface area contributed by atoms with Crippen molar-refractivity contribution in [2.45, 2.75) is 45.1 Å². The van der Waals surface area contributed by atoms with E-state index in [1.165, 1.54) is 12.5 Å². The van der Waals surface area contributed by atoms with Gasteiger partial charge in [0.1, 0.15) is 17.8 Å². The van der Waals surface area contributed by atoms with Crippen LogP contribution in [0.2, 0.25) is 0 Å². The number of aromatic amines is 1. The zero-order valence-electron chi connectivity index (χ0n) is 22.6. The maximum atomic E-state index is 12.9. The summed E-state index contributed by atoms with van der Waals surface area (Å²) in [4.78, 5) is 43.9. The van der Waals surface area contributed by atoms with Crippen molar-refractivity contribution < 1.29 is 18.7 Å². The number of amides is 1. The molecule has 1 aliphatic rings. The van der Waals surface area contributed by atoms with E-state index in [-0.39, 0.29) is 29.5 Å². The summed E-state index contributed by atoms with van der Waals surface area (Å²) in [6.45, 7) is 3.48. The molecule has 0 radical (unpaired) electrons. The molecule has 1 atom stereocenters. The fourth-order valence-electron chi connectivity index (χ4n) is 4.99. The monoisotopic (exact) mass is 530 g/mol. The minimum atomic E-state index is -0.268. The van der Waals surface area contributed by atoms with Crippen molar-refractivity contribution in [1.29, 1.82) is 0 Å². The number of likely N-dealkylation sites (tertiary alicyclic amines) is 1. The molecule has 1 saturated heterocycles. The second-order valence-corrected chi connectivity index (χ2v) is 10.2. The Morgan fingerprint density at radius 2 is 2.05 bits per heavy atom. The number of aryl methyl sites for hydroxylation is 1. The molecule has 1 amide bonds. The highest BCUT2D eigenvalue weighted by atomic mass is 16.5. The third-order valence-electron chi connectivity index (χ3n) is 7.18. The van der Waals surface area contributed by atoms with Crippen molar-refractivity contribution >= 4 is 22.6 Å². The van der Waals surface area contributed by atoms with Gasteiger partial charge in [0.05, 0.1) is 42.7 Å². The number of benzene rings is 1. The number of imidazole rings is 1. The van der Waals surface area contributed by atoms with Gasteiger partial charge in [-0.25, -0.2) is 9.97 Å². The summed E-state index contributed by atoms with van der Waals surface area (Å²) in [7, 11) is 3.65. The summed E-state index contributed by atoms with van der Waals surface area (Å²) < 4.78 is 10.8. The lowest BCUT2D eigenvalue weighted by Crippen LogP contribution is -2.52. The van der Waals surface area contributed by atoms with Gasteiger partial charge in [0.25, 0.3) is 5.89 Å². The van der Waals surface area contributed by atoms with Crippen LogP contribution < -0.4 is 10.1 Å². The van der Waals surface area contributed by atoms with Crippen molar-refractivity contribution in [2.75, 3.05) is 27.2 Å². The molecule has 4 heterocycles. The van der Waals surface area contributed by atoms with Gasteiger partial charge < -0.3 is 24.4 Å². The first kappa shape index (κ1) is 26.6. The number of oxazole rings is 1. The van der Waals surface area contributed by atoms with E-state index in [4.69, 9.17) is 9.15 Å². The van der Waals surface area contributed by atoms with Crippen LogP contribution in [0.15, 0.2) is 47.3 Å². The number of pyridine rings is 1. The molecule has 204 valence electrons. The normalized spacial score (nSPS) is 14.7. The lowest BCUT2D eigenvalue weighted by Gasteiger charge is -2.35. The Labute approximate surface area is 227 Å². The number of methoxy groups -OCH3 is 1. The lowest BCUT2D eigenvalue weighted by molar-refractivity contribution is -0.130. The number of Topliss-reactive ketones (excluding diaryl/α,β-unsaturated/α-hetero) is 1. The first-order valence-electron chi connectivity index (χ1n) is 13.3. The Morgan fingerprint density at radius 3 is 2.79 bits per heavy atom. The Kier molecular flexibility index (Phi) is 8.02. The average molecular weight is 531 g/mol. The standard InChI is InChI=1S/C29H34N6O4/c1-18-9-10-19-13-21(26(38-3)14-23(19)32-18)24-15-31-27(33-24)22(34-28(37)20-16-35(2)17-20)7-5-4-6-8-25(36)29-30-11-12-39-29/h9-15,20,22H,4-8,16-17H2,1-3H3,(H,31,33)(H,34,37). The number of hydrogen-bond acceptors (Lipinski definition) is 8. The maximum Gasteiger partial charge on any atom is 0.263 e. The van der Waals surface area contributed by atoms with Crippen molar-refractivity contribution in [2.24, 2.45) is 5.92 Å². The third kappa shape index (κ3) is 6.17. The van der Waals surface area contributed by atoms with Crippen molar-refractivity contribution in [3.8, 4) is 17.0 Å². The van der Waals surface area contributed by atoms with Gasteiger partial charge in [0.15, 0.2) is 0 Å². The number of H-pyrrole nitrogens is 1. The molecule has 10 nitrogen and oxygen atoms in total. The van der Waals surface area contributed by atoms with Crippen LogP contribution in [0.4, 0.5) is 0 Å². The zero-order valence-corrected chi connectivity index (χ0v) is 22.6. The molecular formula is C29H34N6O4. The van der Waals surface area contributed by atoms with Crippen LogP contribution in [0.5, 0.6) is 5.75 Å². The van der Waals surface area contributed by atoms with Gasteiger partial charge in [0, 0.05) is 42.2 Å². The average Bonchev–Trinajstić information content (AvgIpc) is 3.62. The molecule has 0 aliphatic carbocycles. The number of nitrogens with zero attached hydrogens (tertiary/aromatic N) is 4. The molecule has 1 aromatic carbocycles. The second kappa shape index (κ2) is 11.8. The number of unbranched alkanes of at least 4 members (excludes halogenated alkanes) is 2. The van der Waals surface area contributed by atoms with Crippen molar-refractivity contribution in [1.82, 2.24) is 30.2 Å². The summed E-state index contributed by atoms with van der Waals surface area (Å²) >= 11 is 0. The summed E-state index contributed by atoms with van der Waals surface area (Å²) in [5, 5.41) is 4.22. The highest BCUT2D eigenvalue weighted by Crippen LogP contribution is 2.34.